The second-order valence-electron chi connectivity index (χ2n) is 5.83. The van der Waals surface area contributed by atoms with Gasteiger partial charge in [-0.05, 0) is 44.2 Å². The van der Waals surface area contributed by atoms with Gasteiger partial charge < -0.3 is 9.67 Å². The lowest BCUT2D eigenvalue weighted by molar-refractivity contribution is 0.0698. The monoisotopic (exact) mass is 367 g/mol. The van der Waals surface area contributed by atoms with E-state index < -0.39 is 5.97 Å². The van der Waals surface area contributed by atoms with E-state index in [9.17, 15) is 9.90 Å². The number of hydrogen-bond donors (Lipinski definition) is 2. The standard InChI is InChI=1S/C20H18ClN3O2/c1-13-11-15(14(2)24(13)19-10-6-4-8-17(19)21)12-22-23-18-9-5-3-7-16(18)20(25)26/h3-12,23H,1-2H3,(H,25,26)/b22-12+. The summed E-state index contributed by atoms with van der Waals surface area (Å²) in [6.07, 6.45) is 1.67. The van der Waals surface area contributed by atoms with Gasteiger partial charge in [0.2, 0.25) is 0 Å². The van der Waals surface area contributed by atoms with Crippen molar-refractivity contribution in [1.82, 2.24) is 4.57 Å². The summed E-state index contributed by atoms with van der Waals surface area (Å²) in [4.78, 5) is 11.2. The van der Waals surface area contributed by atoms with Gasteiger partial charge in [0.05, 0.1) is 28.2 Å². The largest absolute Gasteiger partial charge is 0.478 e. The van der Waals surface area contributed by atoms with Crippen molar-refractivity contribution in [1.29, 1.82) is 0 Å². The number of hydrogen-bond acceptors (Lipinski definition) is 3. The molecule has 3 aromatic rings. The Bertz CT molecular complexity index is 992. The van der Waals surface area contributed by atoms with Crippen LogP contribution in [0.1, 0.15) is 27.3 Å². The van der Waals surface area contributed by atoms with Crippen LogP contribution in [0.25, 0.3) is 5.69 Å². The molecule has 2 N–H and O–H groups in total. The van der Waals surface area contributed by atoms with E-state index in [0.717, 1.165) is 22.6 Å². The second kappa shape index (κ2) is 7.45. The molecular weight excluding hydrogens is 350 g/mol. The van der Waals surface area contributed by atoms with Crippen LogP contribution in [0.2, 0.25) is 5.02 Å². The number of aromatic carboxylic acids is 1. The van der Waals surface area contributed by atoms with Crippen LogP contribution in [-0.4, -0.2) is 21.9 Å². The molecule has 0 aliphatic carbocycles. The van der Waals surface area contributed by atoms with E-state index in [1.165, 1.54) is 6.07 Å². The minimum atomic E-state index is -1.000. The highest BCUT2D eigenvalue weighted by molar-refractivity contribution is 6.32. The maximum Gasteiger partial charge on any atom is 0.337 e. The fraction of sp³-hybridized carbons (Fsp3) is 0.100. The smallest absolute Gasteiger partial charge is 0.337 e. The second-order valence-corrected chi connectivity index (χ2v) is 6.24. The van der Waals surface area contributed by atoms with Gasteiger partial charge in [0, 0.05) is 17.0 Å². The molecule has 5 nitrogen and oxygen atoms in total. The summed E-state index contributed by atoms with van der Waals surface area (Å²) in [5, 5.41) is 14.1. The molecule has 3 rings (SSSR count). The first kappa shape index (κ1) is 17.8. The van der Waals surface area contributed by atoms with E-state index in [4.69, 9.17) is 11.6 Å². The van der Waals surface area contributed by atoms with Crippen LogP contribution in [0, 0.1) is 13.8 Å². The third-order valence-electron chi connectivity index (χ3n) is 4.11. The number of carboxylic acid groups (broad SMARTS) is 1. The summed E-state index contributed by atoms with van der Waals surface area (Å²) in [7, 11) is 0. The third kappa shape index (κ3) is 3.48. The molecule has 2 aromatic carbocycles. The van der Waals surface area contributed by atoms with Gasteiger partial charge in [-0.25, -0.2) is 4.79 Å². The quantitative estimate of drug-likeness (QED) is 0.498. The number of nitrogens with zero attached hydrogens (tertiary/aromatic N) is 2. The summed E-state index contributed by atoms with van der Waals surface area (Å²) in [6.45, 7) is 3.99. The van der Waals surface area contributed by atoms with E-state index in [1.54, 1.807) is 24.4 Å². The van der Waals surface area contributed by atoms with E-state index in [1.807, 2.05) is 44.2 Å². The maximum atomic E-state index is 11.2. The molecule has 0 fully saturated rings. The average Bonchev–Trinajstić information content (AvgIpc) is 2.90. The van der Waals surface area contributed by atoms with Crippen molar-refractivity contribution in [3.63, 3.8) is 0 Å². The number of para-hydroxylation sites is 2. The Hall–Kier alpha value is -3.05. The van der Waals surface area contributed by atoms with Crippen molar-refractivity contribution < 1.29 is 9.90 Å². The van der Waals surface area contributed by atoms with Crippen molar-refractivity contribution in [3.05, 3.63) is 82.1 Å². The molecule has 1 aromatic heterocycles. The Kier molecular flexibility index (Phi) is 5.09. The zero-order valence-corrected chi connectivity index (χ0v) is 15.2. The van der Waals surface area contributed by atoms with Gasteiger partial charge in [0.1, 0.15) is 0 Å². The van der Waals surface area contributed by atoms with Crippen LogP contribution in [0.3, 0.4) is 0 Å². The molecule has 0 saturated heterocycles. The first-order valence-corrected chi connectivity index (χ1v) is 8.42. The summed E-state index contributed by atoms with van der Waals surface area (Å²) in [6, 6.07) is 16.3. The normalized spacial score (nSPS) is 11.0. The number of aryl methyl sites for hydroxylation is 1. The van der Waals surface area contributed by atoms with Gasteiger partial charge in [0.15, 0.2) is 0 Å². The van der Waals surface area contributed by atoms with E-state index in [2.05, 4.69) is 15.1 Å². The number of carboxylic acids is 1. The third-order valence-corrected chi connectivity index (χ3v) is 4.43. The number of aromatic nitrogens is 1. The van der Waals surface area contributed by atoms with Gasteiger partial charge >= 0.3 is 5.97 Å². The molecular formula is C20H18ClN3O2. The van der Waals surface area contributed by atoms with E-state index in [-0.39, 0.29) is 5.56 Å². The number of carbonyl (C=O) groups is 1. The zero-order valence-electron chi connectivity index (χ0n) is 14.4. The lowest BCUT2D eigenvalue weighted by atomic mass is 10.2. The predicted molar refractivity (Wildman–Crippen MR) is 105 cm³/mol. The van der Waals surface area contributed by atoms with Crippen molar-refractivity contribution in [2.24, 2.45) is 5.10 Å². The highest BCUT2D eigenvalue weighted by Crippen LogP contribution is 2.25. The first-order valence-electron chi connectivity index (χ1n) is 8.04. The molecule has 1 heterocycles. The SMILES string of the molecule is Cc1cc(/C=N/Nc2ccccc2C(=O)O)c(C)n1-c1ccccc1Cl. The molecule has 0 bridgehead atoms. The fourth-order valence-electron chi connectivity index (χ4n) is 2.86. The topological polar surface area (TPSA) is 66.6 Å². The molecule has 0 atom stereocenters. The minimum Gasteiger partial charge on any atom is -0.478 e. The molecule has 132 valence electrons. The summed E-state index contributed by atoms with van der Waals surface area (Å²) >= 11 is 6.32. The van der Waals surface area contributed by atoms with Gasteiger partial charge in [-0.15, -0.1) is 0 Å². The van der Waals surface area contributed by atoms with Gasteiger partial charge in [0.25, 0.3) is 0 Å². The van der Waals surface area contributed by atoms with Crippen molar-refractivity contribution >= 4 is 29.5 Å². The van der Waals surface area contributed by atoms with E-state index >= 15 is 0 Å². The van der Waals surface area contributed by atoms with Gasteiger partial charge in [-0.1, -0.05) is 35.9 Å². The van der Waals surface area contributed by atoms with Crippen LogP contribution in [-0.2, 0) is 0 Å². The van der Waals surface area contributed by atoms with Gasteiger partial charge in [-0.3, -0.25) is 5.43 Å². The van der Waals surface area contributed by atoms with Crippen LogP contribution in [0.15, 0.2) is 59.7 Å². The average molecular weight is 368 g/mol. The molecule has 26 heavy (non-hydrogen) atoms. The summed E-state index contributed by atoms with van der Waals surface area (Å²) in [5.41, 5.74) is 7.27. The van der Waals surface area contributed by atoms with Gasteiger partial charge in [-0.2, -0.15) is 5.10 Å². The minimum absolute atomic E-state index is 0.172. The lowest BCUT2D eigenvalue weighted by Crippen LogP contribution is -2.02. The zero-order chi connectivity index (χ0) is 18.7. The highest BCUT2D eigenvalue weighted by atomic mass is 35.5. The summed E-state index contributed by atoms with van der Waals surface area (Å²) in [5.74, 6) is -1.000. The number of rotatable bonds is 5. The Morgan fingerprint density at radius 2 is 1.85 bits per heavy atom. The predicted octanol–water partition coefficient (Wildman–Crippen LogP) is 4.89. The lowest BCUT2D eigenvalue weighted by Gasteiger charge is -2.11. The van der Waals surface area contributed by atoms with Crippen LogP contribution >= 0.6 is 11.6 Å². The molecule has 0 unspecified atom stereocenters. The number of anilines is 1. The molecule has 0 aliphatic rings. The van der Waals surface area contributed by atoms with Crippen LogP contribution < -0.4 is 5.43 Å². The molecule has 0 radical (unpaired) electrons. The Morgan fingerprint density at radius 1 is 1.15 bits per heavy atom. The Balaban J connectivity index is 1.88. The van der Waals surface area contributed by atoms with Crippen molar-refractivity contribution in [3.8, 4) is 5.69 Å². The molecule has 0 saturated carbocycles. The van der Waals surface area contributed by atoms with Crippen LogP contribution in [0.5, 0.6) is 0 Å². The first-order chi connectivity index (χ1) is 12.5. The van der Waals surface area contributed by atoms with Crippen LogP contribution in [0.4, 0.5) is 5.69 Å². The fourth-order valence-corrected chi connectivity index (χ4v) is 3.08. The highest BCUT2D eigenvalue weighted by Gasteiger charge is 2.12. The molecule has 0 amide bonds. The number of halogens is 1. The molecule has 0 aliphatic heterocycles. The molecule has 6 heteroatoms. The number of nitrogens with one attached hydrogen (secondary N) is 1. The maximum absolute atomic E-state index is 11.2. The van der Waals surface area contributed by atoms with E-state index in [0.29, 0.717) is 10.7 Å². The number of benzene rings is 2. The molecule has 0 spiro atoms. The van der Waals surface area contributed by atoms with Crippen molar-refractivity contribution in [2.45, 2.75) is 13.8 Å². The number of hydrazone groups is 1. The Morgan fingerprint density at radius 3 is 2.58 bits per heavy atom. The summed E-state index contributed by atoms with van der Waals surface area (Å²) < 4.78 is 2.06. The Labute approximate surface area is 156 Å². The van der Waals surface area contributed by atoms with Crippen molar-refractivity contribution in [2.75, 3.05) is 5.43 Å².